The minimum atomic E-state index is -4.45. The summed E-state index contributed by atoms with van der Waals surface area (Å²) in [6, 6.07) is 11.1. The molecule has 222 valence electrons. The van der Waals surface area contributed by atoms with Crippen molar-refractivity contribution in [2.75, 3.05) is 13.1 Å². The molecule has 2 aromatic rings. The second-order valence-corrected chi connectivity index (χ2v) is 12.2. The Kier molecular flexibility index (Phi) is 8.82. The summed E-state index contributed by atoms with van der Waals surface area (Å²) in [7, 11) is 0. The molecule has 3 N–H and O–H groups in total. The van der Waals surface area contributed by atoms with Crippen LogP contribution in [0.25, 0.3) is 0 Å². The predicted octanol–water partition coefficient (Wildman–Crippen LogP) is 5.56. The van der Waals surface area contributed by atoms with Crippen LogP contribution in [0.3, 0.4) is 0 Å². The Morgan fingerprint density at radius 1 is 1.02 bits per heavy atom. The van der Waals surface area contributed by atoms with Crippen LogP contribution in [0, 0.1) is 11.3 Å². The Hall–Kier alpha value is -3.40. The van der Waals surface area contributed by atoms with Gasteiger partial charge < -0.3 is 15.3 Å². The van der Waals surface area contributed by atoms with Gasteiger partial charge in [0, 0.05) is 18.7 Å². The molecule has 1 saturated heterocycles. The average molecular weight is 574 g/mol. The molecule has 1 spiro atoms. The molecule has 41 heavy (non-hydrogen) atoms. The normalized spacial score (nSPS) is 23.2. The van der Waals surface area contributed by atoms with E-state index in [2.05, 4.69) is 31.4 Å². The van der Waals surface area contributed by atoms with Gasteiger partial charge in [0.05, 0.1) is 17.6 Å². The third-order valence-corrected chi connectivity index (χ3v) is 8.52. The summed E-state index contributed by atoms with van der Waals surface area (Å²) in [5, 5.41) is 14.9. The molecule has 1 heterocycles. The summed E-state index contributed by atoms with van der Waals surface area (Å²) in [5.74, 6) is -0.984. The minimum Gasteiger partial charge on any atom is -0.481 e. The number of hydrogen-bond donors (Lipinski definition) is 3. The molecule has 2 aliphatic rings. The molecule has 2 fully saturated rings. The third-order valence-electron chi connectivity index (χ3n) is 8.52. The lowest BCUT2D eigenvalue weighted by molar-refractivity contribution is -0.138. The van der Waals surface area contributed by atoms with Gasteiger partial charge in [-0.1, -0.05) is 45.0 Å². The van der Waals surface area contributed by atoms with Crippen molar-refractivity contribution in [3.05, 3.63) is 70.8 Å². The highest BCUT2D eigenvalue weighted by Gasteiger charge is 2.52. The van der Waals surface area contributed by atoms with E-state index in [1.165, 1.54) is 12.1 Å². The molecule has 1 aliphatic heterocycles. The number of carboxylic acid groups (broad SMARTS) is 1. The van der Waals surface area contributed by atoms with Gasteiger partial charge in [0.1, 0.15) is 6.04 Å². The van der Waals surface area contributed by atoms with E-state index in [1.807, 2.05) is 17.0 Å². The molecular formula is C31H38F3N3O4. The quantitative estimate of drug-likeness (QED) is 0.384. The number of rotatable bonds is 8. The van der Waals surface area contributed by atoms with E-state index in [1.54, 1.807) is 12.1 Å². The van der Waals surface area contributed by atoms with E-state index in [0.717, 1.165) is 43.4 Å². The highest BCUT2D eigenvalue weighted by atomic mass is 19.4. The lowest BCUT2D eigenvalue weighted by Crippen LogP contribution is -2.55. The summed E-state index contributed by atoms with van der Waals surface area (Å²) in [6.45, 7) is 7.14. The zero-order chi connectivity index (χ0) is 30.0. The lowest BCUT2D eigenvalue weighted by Gasteiger charge is -2.46. The van der Waals surface area contributed by atoms with Gasteiger partial charge >= 0.3 is 12.1 Å². The highest BCUT2D eigenvalue weighted by molar-refractivity contribution is 5.94. The van der Waals surface area contributed by atoms with E-state index in [9.17, 15) is 27.6 Å². The fourth-order valence-corrected chi connectivity index (χ4v) is 6.01. The molecule has 0 radical (unpaired) electrons. The van der Waals surface area contributed by atoms with Crippen molar-refractivity contribution in [2.24, 2.45) is 11.3 Å². The van der Waals surface area contributed by atoms with Crippen LogP contribution in [0.4, 0.5) is 13.2 Å². The summed E-state index contributed by atoms with van der Waals surface area (Å²) >= 11 is 0. The third kappa shape index (κ3) is 7.09. The van der Waals surface area contributed by atoms with E-state index in [0.29, 0.717) is 30.0 Å². The Labute approximate surface area is 238 Å². The van der Waals surface area contributed by atoms with E-state index in [4.69, 9.17) is 5.11 Å². The number of carbonyl (C=O) groups excluding carboxylic acids is 2. The number of alkyl halides is 3. The predicted molar refractivity (Wildman–Crippen MR) is 148 cm³/mol. The van der Waals surface area contributed by atoms with E-state index in [-0.39, 0.29) is 30.2 Å². The van der Waals surface area contributed by atoms with Crippen LogP contribution in [0.2, 0.25) is 0 Å². The highest BCUT2D eigenvalue weighted by Crippen LogP contribution is 2.46. The number of carbonyl (C=O) groups is 3. The van der Waals surface area contributed by atoms with Crippen LogP contribution in [0.15, 0.2) is 48.5 Å². The summed E-state index contributed by atoms with van der Waals surface area (Å²) in [5.41, 5.74) is 0.678. The van der Waals surface area contributed by atoms with Crippen LogP contribution in [0.1, 0.15) is 86.0 Å². The Morgan fingerprint density at radius 3 is 2.17 bits per heavy atom. The topological polar surface area (TPSA) is 98.7 Å². The zero-order valence-corrected chi connectivity index (χ0v) is 23.7. The minimum absolute atomic E-state index is 0.0399. The first kappa shape index (κ1) is 30.6. The lowest BCUT2D eigenvalue weighted by atomic mass is 9.69. The van der Waals surface area contributed by atoms with Crippen molar-refractivity contribution in [2.45, 2.75) is 77.2 Å². The van der Waals surface area contributed by atoms with Gasteiger partial charge in [-0.05, 0) is 78.8 Å². The standard InChI is InChI=1S/C31H38F3N3O4/c1-29(2,3)23-12-16-30(17-13-23)36-26(21-8-10-24(11-9-21)31(32,33)34)28(41)37(30)19-15-20-4-6-22(7-5-20)27(40)35-18-14-25(38)39/h4-11,23,26,36H,12-19H2,1-3H3,(H,35,40)(H,38,39). The van der Waals surface area contributed by atoms with E-state index >= 15 is 0 Å². The van der Waals surface area contributed by atoms with Crippen molar-refractivity contribution in [1.82, 2.24) is 15.5 Å². The maximum atomic E-state index is 13.8. The number of carboxylic acids is 1. The number of benzene rings is 2. The zero-order valence-electron chi connectivity index (χ0n) is 23.7. The molecule has 2 amide bonds. The van der Waals surface area contributed by atoms with Crippen LogP contribution in [0.5, 0.6) is 0 Å². The van der Waals surface area contributed by atoms with E-state index < -0.39 is 29.4 Å². The van der Waals surface area contributed by atoms with Crippen molar-refractivity contribution in [3.8, 4) is 0 Å². The fourth-order valence-electron chi connectivity index (χ4n) is 6.01. The molecule has 0 aromatic heterocycles. The second-order valence-electron chi connectivity index (χ2n) is 12.2. The first-order chi connectivity index (χ1) is 19.2. The maximum absolute atomic E-state index is 13.8. The van der Waals surface area contributed by atoms with Gasteiger partial charge in [-0.2, -0.15) is 13.2 Å². The molecule has 7 nitrogen and oxygen atoms in total. The fraction of sp³-hybridized carbons (Fsp3) is 0.516. The Balaban J connectivity index is 1.49. The number of nitrogens with zero attached hydrogens (tertiary/aromatic N) is 1. The van der Waals surface area contributed by atoms with Crippen LogP contribution < -0.4 is 10.6 Å². The molecule has 1 aliphatic carbocycles. The van der Waals surface area contributed by atoms with Gasteiger partial charge in [-0.15, -0.1) is 0 Å². The van der Waals surface area contributed by atoms with Crippen molar-refractivity contribution >= 4 is 17.8 Å². The van der Waals surface area contributed by atoms with Crippen LogP contribution in [-0.4, -0.2) is 46.5 Å². The maximum Gasteiger partial charge on any atom is 0.416 e. The molecule has 2 aromatic carbocycles. The number of amides is 2. The first-order valence-corrected chi connectivity index (χ1v) is 14.0. The Morgan fingerprint density at radius 2 is 1.63 bits per heavy atom. The molecule has 1 atom stereocenters. The first-order valence-electron chi connectivity index (χ1n) is 14.0. The average Bonchev–Trinajstić information content (AvgIpc) is 3.17. The number of halogens is 3. The number of hydrogen-bond acceptors (Lipinski definition) is 4. The van der Waals surface area contributed by atoms with Gasteiger partial charge in [0.15, 0.2) is 0 Å². The molecule has 10 heteroatoms. The van der Waals surface area contributed by atoms with Gasteiger partial charge in [-0.25, -0.2) is 0 Å². The summed E-state index contributed by atoms with van der Waals surface area (Å²) in [4.78, 5) is 38.6. The van der Waals surface area contributed by atoms with Crippen molar-refractivity contribution in [3.63, 3.8) is 0 Å². The molecule has 1 saturated carbocycles. The Bertz CT molecular complexity index is 1250. The largest absolute Gasteiger partial charge is 0.481 e. The van der Waals surface area contributed by atoms with Crippen LogP contribution >= 0.6 is 0 Å². The van der Waals surface area contributed by atoms with Crippen molar-refractivity contribution < 1.29 is 32.7 Å². The second kappa shape index (κ2) is 11.8. The van der Waals surface area contributed by atoms with Gasteiger partial charge in [-0.3, -0.25) is 19.7 Å². The summed E-state index contributed by atoms with van der Waals surface area (Å²) < 4.78 is 39.4. The smallest absolute Gasteiger partial charge is 0.416 e. The van der Waals surface area contributed by atoms with Crippen molar-refractivity contribution in [1.29, 1.82) is 0 Å². The van der Waals surface area contributed by atoms with Gasteiger partial charge in [0.25, 0.3) is 5.91 Å². The van der Waals surface area contributed by atoms with Gasteiger partial charge in [0.2, 0.25) is 5.91 Å². The number of nitrogens with one attached hydrogen (secondary N) is 2. The summed E-state index contributed by atoms with van der Waals surface area (Å²) in [6.07, 6.45) is -0.678. The monoisotopic (exact) mass is 573 g/mol. The molecular weight excluding hydrogens is 535 g/mol. The molecule has 0 bridgehead atoms. The molecule has 4 rings (SSSR count). The van der Waals surface area contributed by atoms with Crippen LogP contribution in [-0.2, 0) is 22.2 Å². The molecule has 1 unspecified atom stereocenters. The number of aliphatic carboxylic acids is 1. The SMILES string of the molecule is CC(C)(C)C1CCC2(CC1)NC(c1ccc(C(F)(F)F)cc1)C(=O)N2CCc1ccc(C(=O)NCCC(=O)O)cc1.